The molecule has 2 aromatic rings. The zero-order valence-corrected chi connectivity index (χ0v) is 12.9. The molecule has 0 radical (unpaired) electrons. The summed E-state index contributed by atoms with van der Waals surface area (Å²) in [5, 5.41) is 3.82. The summed E-state index contributed by atoms with van der Waals surface area (Å²) in [6.45, 7) is 0.675. The summed E-state index contributed by atoms with van der Waals surface area (Å²) in [7, 11) is 3.20. The van der Waals surface area contributed by atoms with E-state index in [1.165, 1.54) is 5.56 Å². The van der Waals surface area contributed by atoms with Crippen LogP contribution in [0.25, 0.3) is 6.08 Å². The molecule has 0 spiro atoms. The van der Waals surface area contributed by atoms with Gasteiger partial charge in [-0.25, -0.2) is 0 Å². The maximum absolute atomic E-state index is 6.13. The Balaban J connectivity index is 2.03. The molecule has 0 heterocycles. The van der Waals surface area contributed by atoms with Crippen molar-refractivity contribution in [2.45, 2.75) is 0 Å². The van der Waals surface area contributed by atoms with E-state index in [-0.39, 0.29) is 0 Å². The van der Waals surface area contributed by atoms with Crippen molar-refractivity contribution in [3.05, 3.63) is 59.1 Å². The van der Waals surface area contributed by atoms with Gasteiger partial charge in [-0.05, 0) is 11.6 Å². The Morgan fingerprint density at radius 3 is 2.43 bits per heavy atom. The van der Waals surface area contributed by atoms with Crippen molar-refractivity contribution in [1.29, 1.82) is 0 Å². The van der Waals surface area contributed by atoms with Crippen molar-refractivity contribution in [3.8, 4) is 11.5 Å². The quantitative estimate of drug-likeness (QED) is 0.853. The largest absolute Gasteiger partial charge is 0.495 e. The highest BCUT2D eigenvalue weighted by atomic mass is 35.5. The molecule has 2 aromatic carbocycles. The lowest BCUT2D eigenvalue weighted by Gasteiger charge is -2.12. The third-order valence-electron chi connectivity index (χ3n) is 2.99. The van der Waals surface area contributed by atoms with Crippen LogP contribution in [0.1, 0.15) is 5.56 Å². The van der Waals surface area contributed by atoms with Crippen LogP contribution in [0, 0.1) is 0 Å². The molecule has 0 fully saturated rings. The summed E-state index contributed by atoms with van der Waals surface area (Å²) in [5.41, 5.74) is 2.00. The molecule has 21 heavy (non-hydrogen) atoms. The molecule has 0 aromatic heterocycles. The summed E-state index contributed by atoms with van der Waals surface area (Å²) in [6, 6.07) is 13.7. The lowest BCUT2D eigenvalue weighted by molar-refractivity contribution is 0.395. The van der Waals surface area contributed by atoms with Crippen LogP contribution in [0.5, 0.6) is 11.5 Å². The van der Waals surface area contributed by atoms with Crippen molar-refractivity contribution in [2.24, 2.45) is 0 Å². The van der Waals surface area contributed by atoms with Crippen LogP contribution >= 0.6 is 11.6 Å². The fourth-order valence-electron chi connectivity index (χ4n) is 1.93. The molecule has 110 valence electrons. The molecule has 2 rings (SSSR count). The molecule has 0 aliphatic rings. The molecule has 4 heteroatoms. The van der Waals surface area contributed by atoms with Crippen LogP contribution in [0.2, 0.25) is 5.02 Å². The molecule has 0 bridgehead atoms. The molecule has 0 aliphatic carbocycles. The molecule has 0 amide bonds. The molecule has 0 aliphatic heterocycles. The number of nitrogens with one attached hydrogen (secondary N) is 1. The van der Waals surface area contributed by atoms with E-state index in [4.69, 9.17) is 21.1 Å². The third kappa shape index (κ3) is 4.17. The maximum atomic E-state index is 6.13. The SMILES string of the molecule is COc1cc(OC)c(NCC=Cc2ccccc2)cc1Cl. The van der Waals surface area contributed by atoms with Crippen LogP contribution in [0.3, 0.4) is 0 Å². The monoisotopic (exact) mass is 303 g/mol. The van der Waals surface area contributed by atoms with Gasteiger partial charge in [0, 0.05) is 12.6 Å². The minimum atomic E-state index is 0.549. The van der Waals surface area contributed by atoms with Crippen molar-refractivity contribution in [1.82, 2.24) is 0 Å². The second-order valence-electron chi connectivity index (χ2n) is 4.38. The Kier molecular flexibility index (Phi) is 5.52. The number of rotatable bonds is 6. The van der Waals surface area contributed by atoms with E-state index in [1.54, 1.807) is 26.4 Å². The minimum Gasteiger partial charge on any atom is -0.495 e. The smallest absolute Gasteiger partial charge is 0.145 e. The number of hydrogen-bond donors (Lipinski definition) is 1. The van der Waals surface area contributed by atoms with Gasteiger partial charge in [-0.2, -0.15) is 0 Å². The zero-order valence-electron chi connectivity index (χ0n) is 12.1. The van der Waals surface area contributed by atoms with Crippen LogP contribution in [-0.4, -0.2) is 20.8 Å². The van der Waals surface area contributed by atoms with E-state index in [0.717, 1.165) is 5.69 Å². The Hall–Kier alpha value is -2.13. The van der Waals surface area contributed by atoms with Crippen molar-refractivity contribution in [2.75, 3.05) is 26.1 Å². The van der Waals surface area contributed by atoms with Crippen molar-refractivity contribution in [3.63, 3.8) is 0 Å². The first kappa shape index (κ1) is 15.3. The van der Waals surface area contributed by atoms with Gasteiger partial charge >= 0.3 is 0 Å². The number of benzene rings is 2. The number of anilines is 1. The van der Waals surface area contributed by atoms with Crippen LogP contribution < -0.4 is 14.8 Å². The number of methoxy groups -OCH3 is 2. The van der Waals surface area contributed by atoms with E-state index in [1.807, 2.05) is 24.3 Å². The van der Waals surface area contributed by atoms with E-state index in [2.05, 4.69) is 23.5 Å². The normalized spacial score (nSPS) is 10.6. The van der Waals surface area contributed by atoms with E-state index in [9.17, 15) is 0 Å². The van der Waals surface area contributed by atoms with Gasteiger partial charge < -0.3 is 14.8 Å². The molecular weight excluding hydrogens is 286 g/mol. The van der Waals surface area contributed by atoms with Gasteiger partial charge in [-0.15, -0.1) is 0 Å². The second-order valence-corrected chi connectivity index (χ2v) is 4.79. The molecule has 1 N–H and O–H groups in total. The van der Waals surface area contributed by atoms with Crippen LogP contribution in [0.15, 0.2) is 48.5 Å². The van der Waals surface area contributed by atoms with Gasteiger partial charge in [0.15, 0.2) is 0 Å². The van der Waals surface area contributed by atoms with Gasteiger partial charge in [0.25, 0.3) is 0 Å². The predicted molar refractivity (Wildman–Crippen MR) is 88.5 cm³/mol. The van der Waals surface area contributed by atoms with E-state index in [0.29, 0.717) is 23.1 Å². The number of halogens is 1. The lowest BCUT2D eigenvalue weighted by Crippen LogP contribution is -2.01. The second kappa shape index (κ2) is 7.60. The first-order valence-corrected chi connectivity index (χ1v) is 6.99. The Morgan fingerprint density at radius 1 is 1.05 bits per heavy atom. The summed E-state index contributed by atoms with van der Waals surface area (Å²) >= 11 is 6.13. The van der Waals surface area contributed by atoms with Gasteiger partial charge in [-0.1, -0.05) is 54.1 Å². The summed E-state index contributed by atoms with van der Waals surface area (Å²) in [4.78, 5) is 0. The molecule has 0 saturated heterocycles. The lowest BCUT2D eigenvalue weighted by atomic mass is 10.2. The van der Waals surface area contributed by atoms with Gasteiger partial charge in [0.1, 0.15) is 11.5 Å². The zero-order chi connectivity index (χ0) is 15.1. The highest BCUT2D eigenvalue weighted by Crippen LogP contribution is 2.35. The predicted octanol–water partition coefficient (Wildman–Crippen LogP) is 4.48. The van der Waals surface area contributed by atoms with Gasteiger partial charge in [0.05, 0.1) is 24.9 Å². The number of hydrogen-bond acceptors (Lipinski definition) is 3. The van der Waals surface area contributed by atoms with Crippen LogP contribution in [0.4, 0.5) is 5.69 Å². The topological polar surface area (TPSA) is 30.5 Å². The first-order chi connectivity index (χ1) is 10.2. The molecule has 3 nitrogen and oxygen atoms in total. The Morgan fingerprint density at radius 2 is 1.76 bits per heavy atom. The van der Waals surface area contributed by atoms with Crippen molar-refractivity contribution >= 4 is 23.4 Å². The Bertz CT molecular complexity index is 612. The first-order valence-electron chi connectivity index (χ1n) is 6.61. The average Bonchev–Trinajstić information content (AvgIpc) is 2.52. The average molecular weight is 304 g/mol. The third-order valence-corrected chi connectivity index (χ3v) is 3.29. The summed E-state index contributed by atoms with van der Waals surface area (Å²) in [5.74, 6) is 1.29. The van der Waals surface area contributed by atoms with Gasteiger partial charge in [0.2, 0.25) is 0 Å². The fourth-order valence-corrected chi connectivity index (χ4v) is 2.17. The minimum absolute atomic E-state index is 0.549. The highest BCUT2D eigenvalue weighted by molar-refractivity contribution is 6.32. The van der Waals surface area contributed by atoms with E-state index >= 15 is 0 Å². The summed E-state index contributed by atoms with van der Waals surface area (Å²) < 4.78 is 10.5. The maximum Gasteiger partial charge on any atom is 0.145 e. The molecular formula is C17H18ClNO2. The molecule has 0 saturated carbocycles. The van der Waals surface area contributed by atoms with Gasteiger partial charge in [-0.3, -0.25) is 0 Å². The molecule has 0 atom stereocenters. The highest BCUT2D eigenvalue weighted by Gasteiger charge is 2.08. The standard InChI is InChI=1S/C17H18ClNO2/c1-20-16-12-17(21-2)15(11-14(16)18)19-10-6-9-13-7-4-3-5-8-13/h3-9,11-12,19H,10H2,1-2H3. The molecule has 0 unspecified atom stereocenters. The van der Waals surface area contributed by atoms with Crippen LogP contribution in [-0.2, 0) is 0 Å². The van der Waals surface area contributed by atoms with E-state index < -0.39 is 0 Å². The summed E-state index contributed by atoms with van der Waals surface area (Å²) in [6.07, 6.45) is 4.11. The fraction of sp³-hybridized carbons (Fsp3) is 0.176. The number of ether oxygens (including phenoxy) is 2. The van der Waals surface area contributed by atoms with Crippen molar-refractivity contribution < 1.29 is 9.47 Å². The Labute approximate surface area is 130 Å².